The van der Waals surface area contributed by atoms with Gasteiger partial charge in [0.25, 0.3) is 0 Å². The van der Waals surface area contributed by atoms with Crippen LogP contribution in [-0.4, -0.2) is 37.2 Å². The highest BCUT2D eigenvalue weighted by Gasteiger charge is 2.19. The van der Waals surface area contributed by atoms with Crippen molar-refractivity contribution in [2.45, 2.75) is 297 Å². The van der Waals surface area contributed by atoms with E-state index < -0.39 is 6.10 Å². The van der Waals surface area contributed by atoms with Gasteiger partial charge in [-0.3, -0.25) is 14.4 Å². The monoisotopic (exact) mass is 911 g/mol. The van der Waals surface area contributed by atoms with Crippen molar-refractivity contribution in [1.82, 2.24) is 0 Å². The Balaban J connectivity index is 4.28. The molecule has 6 heteroatoms. The standard InChI is InChI=1S/C59H106O6/c1-4-7-10-13-16-19-22-24-26-27-28-29-30-31-32-33-34-36-37-40-43-46-49-52-58(61)64-55-56(54-63-57(60)51-48-45-42-39-21-18-15-12-9-6-3)65-59(62)53-50-47-44-41-38-35-25-23-20-17-14-11-8-5-2/h22-25,27-28,30-31,56H,4-21,26,29,32-55H2,1-3H3/b24-22-,25-23-,28-27-,31-30-. The molecule has 0 N–H and O–H groups in total. The number of unbranched alkanes of at least 4 members (excludes halogenated alkanes) is 32. The zero-order chi connectivity index (χ0) is 47.2. The summed E-state index contributed by atoms with van der Waals surface area (Å²) in [5, 5.41) is 0. The number of carbonyl (C=O) groups excluding carboxylic acids is 3. The van der Waals surface area contributed by atoms with Crippen molar-refractivity contribution in [2.75, 3.05) is 13.2 Å². The van der Waals surface area contributed by atoms with Crippen LogP contribution < -0.4 is 0 Å². The minimum atomic E-state index is -0.777. The summed E-state index contributed by atoms with van der Waals surface area (Å²) in [6.45, 7) is 6.61. The Morgan fingerprint density at radius 1 is 0.308 bits per heavy atom. The molecule has 0 aromatic rings. The van der Waals surface area contributed by atoms with Gasteiger partial charge in [0.2, 0.25) is 0 Å². The Morgan fingerprint density at radius 2 is 0.554 bits per heavy atom. The number of hydrogen-bond donors (Lipinski definition) is 0. The maximum Gasteiger partial charge on any atom is 0.306 e. The fourth-order valence-corrected chi connectivity index (χ4v) is 8.03. The van der Waals surface area contributed by atoms with Crippen molar-refractivity contribution in [3.8, 4) is 0 Å². The van der Waals surface area contributed by atoms with Crippen LogP contribution in [0.2, 0.25) is 0 Å². The fourth-order valence-electron chi connectivity index (χ4n) is 8.03. The maximum absolute atomic E-state index is 12.8. The molecule has 0 aromatic carbocycles. The van der Waals surface area contributed by atoms with Crippen molar-refractivity contribution in [2.24, 2.45) is 0 Å². The van der Waals surface area contributed by atoms with Crippen molar-refractivity contribution in [1.29, 1.82) is 0 Å². The molecular weight excluding hydrogens is 805 g/mol. The van der Waals surface area contributed by atoms with E-state index in [4.69, 9.17) is 14.2 Å². The molecule has 0 heterocycles. The van der Waals surface area contributed by atoms with Crippen molar-refractivity contribution < 1.29 is 28.6 Å². The van der Waals surface area contributed by atoms with Gasteiger partial charge in [-0.25, -0.2) is 0 Å². The smallest absolute Gasteiger partial charge is 0.306 e. The molecule has 1 atom stereocenters. The lowest BCUT2D eigenvalue weighted by molar-refractivity contribution is -0.167. The van der Waals surface area contributed by atoms with Crippen LogP contribution >= 0.6 is 0 Å². The Morgan fingerprint density at radius 3 is 0.877 bits per heavy atom. The van der Waals surface area contributed by atoms with E-state index >= 15 is 0 Å². The zero-order valence-electron chi connectivity index (χ0n) is 43.3. The summed E-state index contributed by atoms with van der Waals surface area (Å²) in [4.78, 5) is 38.0. The molecule has 0 saturated heterocycles. The van der Waals surface area contributed by atoms with Crippen LogP contribution in [0.25, 0.3) is 0 Å². The number of hydrogen-bond acceptors (Lipinski definition) is 6. The lowest BCUT2D eigenvalue weighted by Gasteiger charge is -2.18. The third-order valence-electron chi connectivity index (χ3n) is 12.3. The molecule has 65 heavy (non-hydrogen) atoms. The van der Waals surface area contributed by atoms with E-state index in [2.05, 4.69) is 69.4 Å². The van der Waals surface area contributed by atoms with E-state index in [0.29, 0.717) is 19.3 Å². The lowest BCUT2D eigenvalue weighted by Crippen LogP contribution is -2.30. The second-order valence-corrected chi connectivity index (χ2v) is 18.8. The molecule has 0 aliphatic carbocycles. The van der Waals surface area contributed by atoms with Gasteiger partial charge < -0.3 is 14.2 Å². The highest BCUT2D eigenvalue weighted by Crippen LogP contribution is 2.15. The Hall–Kier alpha value is -2.63. The second-order valence-electron chi connectivity index (χ2n) is 18.8. The van der Waals surface area contributed by atoms with Gasteiger partial charge in [-0.2, -0.15) is 0 Å². The number of carbonyl (C=O) groups is 3. The van der Waals surface area contributed by atoms with Crippen LogP contribution in [0.1, 0.15) is 290 Å². The number of allylic oxidation sites excluding steroid dienone is 8. The first kappa shape index (κ1) is 62.4. The summed E-state index contributed by atoms with van der Waals surface area (Å²) in [6.07, 6.45) is 65.3. The van der Waals surface area contributed by atoms with E-state index in [1.807, 2.05) is 0 Å². The molecule has 0 aliphatic rings. The molecule has 1 unspecified atom stereocenters. The molecule has 0 amide bonds. The van der Waals surface area contributed by atoms with Gasteiger partial charge in [0.15, 0.2) is 6.10 Å². The molecule has 6 nitrogen and oxygen atoms in total. The first-order valence-electron chi connectivity index (χ1n) is 28.1. The van der Waals surface area contributed by atoms with Crippen molar-refractivity contribution in [3.63, 3.8) is 0 Å². The lowest BCUT2D eigenvalue weighted by atomic mass is 10.1. The SMILES string of the molecule is CCCCCCC/C=C\C/C=C\C/C=C\CCCCCCCCCCC(=O)OCC(COC(=O)CCCCCCCCCCCC)OC(=O)CCCCCCC/C=C\CCCCCCC. The number of rotatable bonds is 51. The summed E-state index contributed by atoms with van der Waals surface area (Å²) >= 11 is 0. The minimum absolute atomic E-state index is 0.0764. The Bertz CT molecular complexity index is 1140. The topological polar surface area (TPSA) is 78.9 Å². The van der Waals surface area contributed by atoms with E-state index in [1.54, 1.807) is 0 Å². The Kier molecular flexibility index (Phi) is 51.8. The van der Waals surface area contributed by atoms with E-state index in [1.165, 1.54) is 161 Å². The minimum Gasteiger partial charge on any atom is -0.462 e. The summed E-state index contributed by atoms with van der Waals surface area (Å²) in [5.41, 5.74) is 0. The van der Waals surface area contributed by atoms with Crippen LogP contribution in [-0.2, 0) is 28.6 Å². The molecule has 0 aromatic heterocycles. The van der Waals surface area contributed by atoms with Crippen LogP contribution in [0, 0.1) is 0 Å². The number of ether oxygens (including phenoxy) is 3. The molecule has 0 spiro atoms. The van der Waals surface area contributed by atoms with Gasteiger partial charge >= 0.3 is 17.9 Å². The van der Waals surface area contributed by atoms with Crippen molar-refractivity contribution >= 4 is 17.9 Å². The first-order chi connectivity index (χ1) is 32.0. The van der Waals surface area contributed by atoms with Gasteiger partial charge in [0, 0.05) is 19.3 Å². The molecule has 0 rings (SSSR count). The largest absolute Gasteiger partial charge is 0.462 e. The van der Waals surface area contributed by atoms with Gasteiger partial charge in [-0.05, 0) is 83.5 Å². The first-order valence-corrected chi connectivity index (χ1v) is 28.1. The third kappa shape index (κ3) is 52.2. The molecule has 378 valence electrons. The second kappa shape index (κ2) is 54.0. The van der Waals surface area contributed by atoms with Crippen LogP contribution in [0.3, 0.4) is 0 Å². The van der Waals surface area contributed by atoms with E-state index in [0.717, 1.165) is 89.9 Å². The highest BCUT2D eigenvalue weighted by atomic mass is 16.6. The molecular formula is C59H106O6. The average molecular weight is 911 g/mol. The van der Waals surface area contributed by atoms with Gasteiger partial charge in [-0.15, -0.1) is 0 Å². The van der Waals surface area contributed by atoms with Crippen molar-refractivity contribution in [3.05, 3.63) is 48.6 Å². The van der Waals surface area contributed by atoms with E-state index in [-0.39, 0.29) is 31.1 Å². The van der Waals surface area contributed by atoms with Crippen LogP contribution in [0.4, 0.5) is 0 Å². The third-order valence-corrected chi connectivity index (χ3v) is 12.3. The highest BCUT2D eigenvalue weighted by molar-refractivity contribution is 5.71. The van der Waals surface area contributed by atoms with Crippen LogP contribution in [0.5, 0.6) is 0 Å². The van der Waals surface area contributed by atoms with Crippen LogP contribution in [0.15, 0.2) is 48.6 Å². The van der Waals surface area contributed by atoms with Gasteiger partial charge in [0.05, 0.1) is 0 Å². The van der Waals surface area contributed by atoms with Gasteiger partial charge in [0.1, 0.15) is 13.2 Å². The van der Waals surface area contributed by atoms with E-state index in [9.17, 15) is 14.4 Å². The normalized spacial score (nSPS) is 12.4. The predicted molar refractivity (Wildman–Crippen MR) is 279 cm³/mol. The molecule has 0 bridgehead atoms. The predicted octanol–water partition coefficient (Wildman–Crippen LogP) is 18.7. The summed E-state index contributed by atoms with van der Waals surface area (Å²) in [5.74, 6) is -0.884. The zero-order valence-corrected chi connectivity index (χ0v) is 43.3. The summed E-state index contributed by atoms with van der Waals surface area (Å²) in [7, 11) is 0. The Labute approximate surface area is 403 Å². The quantitative estimate of drug-likeness (QED) is 0.0262. The molecule has 0 radical (unpaired) electrons. The van der Waals surface area contributed by atoms with Gasteiger partial charge in [-0.1, -0.05) is 236 Å². The average Bonchev–Trinajstić information content (AvgIpc) is 3.30. The molecule has 0 aliphatic heterocycles. The molecule has 0 saturated carbocycles. The summed E-state index contributed by atoms with van der Waals surface area (Å²) in [6, 6.07) is 0. The maximum atomic E-state index is 12.8. The molecule has 0 fully saturated rings. The summed E-state index contributed by atoms with van der Waals surface area (Å²) < 4.78 is 16.8. The fraction of sp³-hybridized carbons (Fsp3) is 0.814. The number of esters is 3.